The third-order valence-corrected chi connectivity index (χ3v) is 1.71. The van der Waals surface area contributed by atoms with Crippen molar-refractivity contribution in [2.75, 3.05) is 5.88 Å². The van der Waals surface area contributed by atoms with Gasteiger partial charge >= 0.3 is 0 Å². The van der Waals surface area contributed by atoms with Crippen molar-refractivity contribution >= 4 is 11.6 Å². The molecule has 0 saturated carbocycles. The van der Waals surface area contributed by atoms with E-state index in [0.29, 0.717) is 0 Å². The molecule has 0 fully saturated rings. The molecule has 0 aromatic carbocycles. The van der Waals surface area contributed by atoms with Crippen LogP contribution in [-0.2, 0) is 0 Å². The van der Waals surface area contributed by atoms with Gasteiger partial charge in [-0.15, -0.1) is 11.6 Å². The first-order chi connectivity index (χ1) is 6.74. The molecular weight excluding hydrogens is 194 g/mol. The van der Waals surface area contributed by atoms with E-state index in [-0.39, 0.29) is 0 Å². The molecular formula is C12H26ClN. The molecule has 0 aromatic rings. The Bertz CT molecular complexity index is 91.0. The lowest BCUT2D eigenvalue weighted by Crippen LogP contribution is -1.66. The van der Waals surface area contributed by atoms with Crippen molar-refractivity contribution in [3.63, 3.8) is 0 Å². The van der Waals surface area contributed by atoms with Crippen molar-refractivity contribution < 1.29 is 0 Å². The average Bonchev–Trinajstić information content (AvgIpc) is 2.18. The molecule has 1 nitrogen and oxygen atoms in total. The van der Waals surface area contributed by atoms with Crippen molar-refractivity contribution in [1.82, 2.24) is 0 Å². The monoisotopic (exact) mass is 219 g/mol. The van der Waals surface area contributed by atoms with Crippen LogP contribution in [0.25, 0.3) is 0 Å². The van der Waals surface area contributed by atoms with Crippen LogP contribution in [0.2, 0.25) is 0 Å². The van der Waals surface area contributed by atoms with Crippen molar-refractivity contribution in [3.05, 3.63) is 0 Å². The summed E-state index contributed by atoms with van der Waals surface area (Å²) >= 11 is 5.30. The van der Waals surface area contributed by atoms with Crippen LogP contribution in [0.3, 0.4) is 0 Å². The highest BCUT2D eigenvalue weighted by Crippen LogP contribution is 1.95. The zero-order valence-corrected chi connectivity index (χ0v) is 11.0. The van der Waals surface area contributed by atoms with Gasteiger partial charge in [0.2, 0.25) is 0 Å². The molecule has 0 aliphatic rings. The summed E-state index contributed by atoms with van der Waals surface area (Å²) in [6, 6.07) is 1.75. The van der Waals surface area contributed by atoms with Crippen molar-refractivity contribution in [2.45, 2.75) is 66.2 Å². The van der Waals surface area contributed by atoms with Gasteiger partial charge in [0.05, 0.1) is 6.07 Å². The van der Waals surface area contributed by atoms with Crippen LogP contribution in [0.5, 0.6) is 0 Å². The summed E-state index contributed by atoms with van der Waals surface area (Å²) in [6.07, 6.45) is 7.90. The second kappa shape index (κ2) is 29.3. The van der Waals surface area contributed by atoms with Crippen LogP contribution < -0.4 is 0 Å². The first-order valence-corrected chi connectivity index (χ1v) is 6.15. The van der Waals surface area contributed by atoms with E-state index in [9.17, 15) is 0 Å². The first-order valence-electron chi connectivity index (χ1n) is 5.61. The zero-order chi connectivity index (χ0) is 11.7. The number of hydrogen-bond donors (Lipinski definition) is 0. The average molecular weight is 220 g/mol. The van der Waals surface area contributed by atoms with Gasteiger partial charge in [-0.3, -0.25) is 0 Å². The molecule has 0 heterocycles. The third-order valence-electron chi connectivity index (χ3n) is 1.44. The van der Waals surface area contributed by atoms with Gasteiger partial charge in [0.1, 0.15) is 0 Å². The maximum absolute atomic E-state index is 7.32. The summed E-state index contributed by atoms with van der Waals surface area (Å²) in [5.41, 5.74) is 0. The Morgan fingerprint density at radius 1 is 0.929 bits per heavy atom. The Balaban J connectivity index is -0.000000138. The number of rotatable bonds is 5. The Morgan fingerprint density at radius 2 is 1.21 bits per heavy atom. The standard InChI is InChI=1S/C6H14.C4H9Cl.C2H3N/c1-3-5-6-4-2;1-2-3-4-5;1-2-3/h3-6H2,1-2H3;2-4H2,1H3;1H3. The molecule has 0 rings (SSSR count). The Kier molecular flexibility index (Phi) is 40.5. The molecule has 2 heteroatoms. The minimum Gasteiger partial charge on any atom is -0.199 e. The molecule has 0 N–H and O–H groups in total. The van der Waals surface area contributed by atoms with E-state index in [2.05, 4.69) is 20.8 Å². The van der Waals surface area contributed by atoms with Gasteiger partial charge < -0.3 is 0 Å². The van der Waals surface area contributed by atoms with E-state index < -0.39 is 0 Å². The van der Waals surface area contributed by atoms with E-state index in [1.807, 2.05) is 0 Å². The second-order valence-electron chi connectivity index (χ2n) is 2.97. The van der Waals surface area contributed by atoms with E-state index >= 15 is 0 Å². The van der Waals surface area contributed by atoms with Crippen LogP contribution in [0.15, 0.2) is 0 Å². The van der Waals surface area contributed by atoms with Gasteiger partial charge in [0.25, 0.3) is 0 Å². The van der Waals surface area contributed by atoms with Gasteiger partial charge in [-0.05, 0) is 6.42 Å². The summed E-state index contributed by atoms with van der Waals surface area (Å²) in [7, 11) is 0. The Morgan fingerprint density at radius 3 is 1.29 bits per heavy atom. The fourth-order valence-corrected chi connectivity index (χ4v) is 0.901. The lowest BCUT2D eigenvalue weighted by molar-refractivity contribution is 0.702. The number of alkyl halides is 1. The summed E-state index contributed by atoms with van der Waals surface area (Å²) < 4.78 is 0. The van der Waals surface area contributed by atoms with E-state index in [1.165, 1.54) is 39.0 Å². The maximum atomic E-state index is 7.32. The van der Waals surface area contributed by atoms with Crippen LogP contribution >= 0.6 is 11.6 Å². The maximum Gasteiger partial charge on any atom is 0.0587 e. The highest BCUT2D eigenvalue weighted by Gasteiger charge is 1.75. The molecule has 0 saturated heterocycles. The quantitative estimate of drug-likeness (QED) is 0.464. The molecule has 0 unspecified atom stereocenters. The first kappa shape index (κ1) is 19.4. The molecule has 14 heavy (non-hydrogen) atoms. The topological polar surface area (TPSA) is 23.8 Å². The highest BCUT2D eigenvalue weighted by atomic mass is 35.5. The van der Waals surface area contributed by atoms with E-state index in [1.54, 1.807) is 6.07 Å². The molecule has 0 aromatic heterocycles. The van der Waals surface area contributed by atoms with Gasteiger partial charge in [-0.25, -0.2) is 0 Å². The molecule has 0 bridgehead atoms. The molecule has 0 radical (unpaired) electrons. The Labute approximate surface area is 95.5 Å². The van der Waals surface area contributed by atoms with Crippen LogP contribution in [0.1, 0.15) is 66.2 Å². The van der Waals surface area contributed by atoms with Crippen molar-refractivity contribution in [1.29, 1.82) is 5.26 Å². The largest absolute Gasteiger partial charge is 0.199 e. The minimum atomic E-state index is 0.816. The van der Waals surface area contributed by atoms with Crippen molar-refractivity contribution in [3.8, 4) is 6.07 Å². The van der Waals surface area contributed by atoms with E-state index in [4.69, 9.17) is 16.9 Å². The summed E-state index contributed by atoms with van der Waals surface area (Å²) in [4.78, 5) is 0. The smallest absolute Gasteiger partial charge is 0.0587 e. The second-order valence-corrected chi connectivity index (χ2v) is 3.35. The van der Waals surface area contributed by atoms with Crippen LogP contribution in [-0.4, -0.2) is 5.88 Å². The predicted octanol–water partition coefficient (Wildman–Crippen LogP) is 5.14. The molecule has 0 aliphatic carbocycles. The van der Waals surface area contributed by atoms with Gasteiger partial charge in [0, 0.05) is 12.8 Å². The third kappa shape index (κ3) is 59.9. The minimum absolute atomic E-state index is 0.816. The number of hydrogen-bond acceptors (Lipinski definition) is 1. The fourth-order valence-electron chi connectivity index (χ4n) is 0.634. The number of halogens is 1. The summed E-state index contributed by atoms with van der Waals surface area (Å²) in [6.45, 7) is 8.02. The molecule has 86 valence electrons. The van der Waals surface area contributed by atoms with Crippen molar-refractivity contribution in [2.24, 2.45) is 0 Å². The van der Waals surface area contributed by atoms with Gasteiger partial charge in [0.15, 0.2) is 0 Å². The van der Waals surface area contributed by atoms with E-state index in [0.717, 1.165) is 12.3 Å². The molecule has 0 amide bonds. The molecule has 0 aliphatic heterocycles. The molecule has 0 atom stereocenters. The lowest BCUT2D eigenvalue weighted by atomic mass is 10.2. The van der Waals surface area contributed by atoms with Crippen LogP contribution in [0.4, 0.5) is 0 Å². The molecule has 0 spiro atoms. The summed E-state index contributed by atoms with van der Waals surface area (Å²) in [5.74, 6) is 0.816. The van der Waals surface area contributed by atoms with Gasteiger partial charge in [-0.1, -0.05) is 52.9 Å². The Hall–Kier alpha value is -0.220. The van der Waals surface area contributed by atoms with Gasteiger partial charge in [-0.2, -0.15) is 5.26 Å². The number of unbranched alkanes of at least 4 members (excludes halogenated alkanes) is 4. The number of nitrogens with zero attached hydrogens (tertiary/aromatic N) is 1. The predicted molar refractivity (Wildman–Crippen MR) is 66.7 cm³/mol. The number of nitriles is 1. The van der Waals surface area contributed by atoms with Crippen LogP contribution in [0, 0.1) is 11.3 Å². The summed E-state index contributed by atoms with van der Waals surface area (Å²) in [5, 5.41) is 7.32. The SMILES string of the molecule is CC#N.CCCCCC.CCCCCl. The normalized spacial score (nSPS) is 7.43. The highest BCUT2D eigenvalue weighted by molar-refractivity contribution is 6.17. The lowest BCUT2D eigenvalue weighted by Gasteiger charge is -1.86. The fraction of sp³-hybridized carbons (Fsp3) is 0.917. The zero-order valence-electron chi connectivity index (χ0n) is 10.3.